The Kier molecular flexibility index (Phi) is 3.95. The molecular weight excluding hydrogens is 218 g/mol. The number of nitrogens with zero attached hydrogens (tertiary/aromatic N) is 2. The van der Waals surface area contributed by atoms with Crippen molar-refractivity contribution in [3.05, 3.63) is 16.6 Å². The van der Waals surface area contributed by atoms with E-state index in [-0.39, 0.29) is 0 Å². The van der Waals surface area contributed by atoms with E-state index in [1.54, 1.807) is 11.3 Å². The molecule has 90 valence electrons. The van der Waals surface area contributed by atoms with Gasteiger partial charge in [0.1, 0.15) is 0 Å². The van der Waals surface area contributed by atoms with Crippen molar-refractivity contribution in [2.24, 2.45) is 5.92 Å². The summed E-state index contributed by atoms with van der Waals surface area (Å²) in [5.74, 6) is 0.746. The topological polar surface area (TPSA) is 28.2 Å². The minimum atomic E-state index is 0.629. The van der Waals surface area contributed by atoms with E-state index >= 15 is 0 Å². The van der Waals surface area contributed by atoms with Gasteiger partial charge in [0.25, 0.3) is 0 Å². The number of nitrogens with one attached hydrogen (secondary N) is 1. The maximum Gasteiger partial charge on any atom is 0.0794 e. The second-order valence-electron chi connectivity index (χ2n) is 4.98. The summed E-state index contributed by atoms with van der Waals surface area (Å²) >= 11 is 1.73. The molecule has 16 heavy (non-hydrogen) atoms. The van der Waals surface area contributed by atoms with E-state index in [2.05, 4.69) is 36.0 Å². The van der Waals surface area contributed by atoms with Crippen molar-refractivity contribution in [1.82, 2.24) is 15.2 Å². The fraction of sp³-hybridized carbons (Fsp3) is 0.750. The van der Waals surface area contributed by atoms with Crippen LogP contribution in [0.2, 0.25) is 0 Å². The summed E-state index contributed by atoms with van der Waals surface area (Å²) in [6.07, 6.45) is 1.96. The molecule has 2 heterocycles. The molecule has 0 aliphatic carbocycles. The van der Waals surface area contributed by atoms with Crippen molar-refractivity contribution in [2.75, 3.05) is 13.1 Å². The Balaban J connectivity index is 1.82. The van der Waals surface area contributed by atoms with Crippen molar-refractivity contribution in [3.63, 3.8) is 0 Å². The van der Waals surface area contributed by atoms with Crippen molar-refractivity contribution < 1.29 is 0 Å². The molecule has 0 amide bonds. The highest BCUT2D eigenvalue weighted by atomic mass is 32.1. The zero-order valence-corrected chi connectivity index (χ0v) is 11.1. The maximum absolute atomic E-state index is 4.10. The molecule has 0 aromatic carbocycles. The van der Waals surface area contributed by atoms with Crippen LogP contribution in [0.15, 0.2) is 11.7 Å². The molecule has 3 nitrogen and oxygen atoms in total. The molecule has 0 saturated carbocycles. The lowest BCUT2D eigenvalue weighted by molar-refractivity contribution is 0.264. The molecular formula is C12H21N3S. The molecule has 4 heteroatoms. The molecule has 0 radical (unpaired) electrons. The number of thiazole rings is 1. The standard InChI is InChI=1S/C12H21N3S/c1-9(2)15-6-10(3)12(7-15)14-5-11-4-13-8-16-11/h4,8-10,12,14H,5-7H2,1-3H3. The number of likely N-dealkylation sites (tertiary alicyclic amines) is 1. The Morgan fingerprint density at radius 3 is 2.94 bits per heavy atom. The molecule has 1 aromatic rings. The monoisotopic (exact) mass is 239 g/mol. The van der Waals surface area contributed by atoms with Crippen LogP contribution in [0.4, 0.5) is 0 Å². The van der Waals surface area contributed by atoms with Gasteiger partial charge in [-0.1, -0.05) is 6.92 Å². The second kappa shape index (κ2) is 5.25. The van der Waals surface area contributed by atoms with Gasteiger partial charge in [-0.3, -0.25) is 9.88 Å². The van der Waals surface area contributed by atoms with Gasteiger partial charge in [0, 0.05) is 42.8 Å². The van der Waals surface area contributed by atoms with Gasteiger partial charge in [0.15, 0.2) is 0 Å². The molecule has 2 unspecified atom stereocenters. The highest BCUT2D eigenvalue weighted by Crippen LogP contribution is 2.19. The minimum Gasteiger partial charge on any atom is -0.307 e. The van der Waals surface area contributed by atoms with Crippen LogP contribution in [0.25, 0.3) is 0 Å². The molecule has 0 spiro atoms. The number of aromatic nitrogens is 1. The molecule has 1 fully saturated rings. The van der Waals surface area contributed by atoms with Crippen molar-refractivity contribution >= 4 is 11.3 Å². The van der Waals surface area contributed by atoms with Gasteiger partial charge in [-0.2, -0.15) is 0 Å². The molecule has 2 atom stereocenters. The molecule has 1 aromatic heterocycles. The lowest BCUT2D eigenvalue weighted by atomic mass is 10.1. The summed E-state index contributed by atoms with van der Waals surface area (Å²) in [7, 11) is 0. The van der Waals surface area contributed by atoms with Crippen LogP contribution in [0, 0.1) is 5.92 Å². The summed E-state index contributed by atoms with van der Waals surface area (Å²) in [5.41, 5.74) is 1.90. The summed E-state index contributed by atoms with van der Waals surface area (Å²) in [6, 6.07) is 1.29. The quantitative estimate of drug-likeness (QED) is 0.870. The minimum absolute atomic E-state index is 0.629. The fourth-order valence-corrected chi connectivity index (χ4v) is 2.80. The second-order valence-corrected chi connectivity index (χ2v) is 5.95. The van der Waals surface area contributed by atoms with Gasteiger partial charge in [-0.05, 0) is 19.8 Å². The van der Waals surface area contributed by atoms with E-state index < -0.39 is 0 Å². The van der Waals surface area contributed by atoms with Crippen LogP contribution in [0.1, 0.15) is 25.6 Å². The summed E-state index contributed by atoms with van der Waals surface area (Å²) in [5, 5.41) is 3.65. The molecule has 1 aliphatic rings. The smallest absolute Gasteiger partial charge is 0.0794 e. The first kappa shape index (κ1) is 12.0. The summed E-state index contributed by atoms with van der Waals surface area (Å²) in [6.45, 7) is 10.3. The third kappa shape index (κ3) is 2.81. The molecule has 1 saturated heterocycles. The summed E-state index contributed by atoms with van der Waals surface area (Å²) in [4.78, 5) is 7.98. The van der Waals surface area contributed by atoms with Crippen molar-refractivity contribution in [3.8, 4) is 0 Å². The van der Waals surface area contributed by atoms with Crippen LogP contribution in [-0.4, -0.2) is 35.1 Å². The zero-order valence-electron chi connectivity index (χ0n) is 10.3. The highest BCUT2D eigenvalue weighted by Gasteiger charge is 2.30. The third-order valence-electron chi connectivity index (χ3n) is 3.39. The van der Waals surface area contributed by atoms with Crippen LogP contribution in [0.3, 0.4) is 0 Å². The van der Waals surface area contributed by atoms with Crippen LogP contribution in [0.5, 0.6) is 0 Å². The van der Waals surface area contributed by atoms with Crippen LogP contribution >= 0.6 is 11.3 Å². The Morgan fingerprint density at radius 2 is 2.38 bits per heavy atom. The first-order valence-corrected chi connectivity index (χ1v) is 6.89. The van der Waals surface area contributed by atoms with Crippen molar-refractivity contribution in [1.29, 1.82) is 0 Å². The SMILES string of the molecule is CC1CN(C(C)C)CC1NCc1cncs1. The molecule has 0 bridgehead atoms. The van der Waals surface area contributed by atoms with E-state index in [9.17, 15) is 0 Å². The lowest BCUT2D eigenvalue weighted by Gasteiger charge is -2.20. The average Bonchev–Trinajstić information content (AvgIpc) is 2.84. The van der Waals surface area contributed by atoms with E-state index in [1.807, 2.05) is 11.7 Å². The van der Waals surface area contributed by atoms with E-state index in [1.165, 1.54) is 18.0 Å². The molecule has 1 N–H and O–H groups in total. The Morgan fingerprint density at radius 1 is 1.56 bits per heavy atom. The van der Waals surface area contributed by atoms with Crippen LogP contribution in [-0.2, 0) is 6.54 Å². The van der Waals surface area contributed by atoms with Gasteiger partial charge in [0.05, 0.1) is 5.51 Å². The Hall–Kier alpha value is -0.450. The van der Waals surface area contributed by atoms with E-state index in [0.29, 0.717) is 12.1 Å². The average molecular weight is 239 g/mol. The van der Waals surface area contributed by atoms with Gasteiger partial charge < -0.3 is 5.32 Å². The Bertz CT molecular complexity index is 310. The number of hydrogen-bond donors (Lipinski definition) is 1. The molecule has 1 aliphatic heterocycles. The summed E-state index contributed by atoms with van der Waals surface area (Å²) < 4.78 is 0. The normalized spacial score (nSPS) is 26.8. The van der Waals surface area contributed by atoms with Gasteiger partial charge in [0.2, 0.25) is 0 Å². The van der Waals surface area contributed by atoms with E-state index in [4.69, 9.17) is 0 Å². The lowest BCUT2D eigenvalue weighted by Crippen LogP contribution is -2.36. The fourth-order valence-electron chi connectivity index (χ4n) is 2.25. The first-order valence-electron chi connectivity index (χ1n) is 6.01. The van der Waals surface area contributed by atoms with Crippen LogP contribution < -0.4 is 5.32 Å². The van der Waals surface area contributed by atoms with Gasteiger partial charge in [-0.15, -0.1) is 11.3 Å². The molecule has 2 rings (SSSR count). The zero-order chi connectivity index (χ0) is 11.5. The van der Waals surface area contributed by atoms with Gasteiger partial charge >= 0.3 is 0 Å². The number of rotatable bonds is 4. The van der Waals surface area contributed by atoms with Gasteiger partial charge in [-0.25, -0.2) is 0 Å². The number of hydrogen-bond acceptors (Lipinski definition) is 4. The predicted molar refractivity (Wildman–Crippen MR) is 68.6 cm³/mol. The Labute approximate surface area is 102 Å². The first-order chi connectivity index (χ1) is 7.66. The maximum atomic E-state index is 4.10. The third-order valence-corrected chi connectivity index (χ3v) is 4.17. The predicted octanol–water partition coefficient (Wildman–Crippen LogP) is 1.96. The van der Waals surface area contributed by atoms with Crippen molar-refractivity contribution in [2.45, 2.75) is 39.4 Å². The van der Waals surface area contributed by atoms with E-state index in [0.717, 1.165) is 12.5 Å². The largest absolute Gasteiger partial charge is 0.307 e. The highest BCUT2D eigenvalue weighted by molar-refractivity contribution is 7.09.